The van der Waals surface area contributed by atoms with Gasteiger partial charge in [-0.3, -0.25) is 0 Å². The molecule has 3 heteroatoms. The number of para-hydroxylation sites is 1. The van der Waals surface area contributed by atoms with Gasteiger partial charge in [0.1, 0.15) is 5.75 Å². The summed E-state index contributed by atoms with van der Waals surface area (Å²) in [6.07, 6.45) is 0.277. The lowest BCUT2D eigenvalue weighted by molar-refractivity contribution is 0.136. The van der Waals surface area contributed by atoms with Crippen molar-refractivity contribution in [2.24, 2.45) is 0 Å². The molecule has 0 saturated heterocycles. The molecule has 84 valence electrons. The Kier molecular flexibility index (Phi) is 4.59. The van der Waals surface area contributed by atoms with E-state index in [0.717, 1.165) is 11.3 Å². The maximum Gasteiger partial charge on any atom is 0.122 e. The highest BCUT2D eigenvalue weighted by Gasteiger charge is 2.09. The highest BCUT2D eigenvalue weighted by Crippen LogP contribution is 2.18. The average molecular weight is 209 g/mol. The van der Waals surface area contributed by atoms with Gasteiger partial charge in [0.25, 0.3) is 0 Å². The van der Waals surface area contributed by atoms with Crippen LogP contribution in [0.2, 0.25) is 0 Å². The third kappa shape index (κ3) is 3.90. The van der Waals surface area contributed by atoms with Gasteiger partial charge in [-0.2, -0.15) is 0 Å². The predicted molar refractivity (Wildman–Crippen MR) is 61.3 cm³/mol. The zero-order valence-electron chi connectivity index (χ0n) is 9.60. The molecule has 15 heavy (non-hydrogen) atoms. The van der Waals surface area contributed by atoms with Crippen molar-refractivity contribution in [3.63, 3.8) is 0 Å². The molecule has 0 saturated carbocycles. The van der Waals surface area contributed by atoms with E-state index in [2.05, 4.69) is 0 Å². The van der Waals surface area contributed by atoms with Crippen LogP contribution in [0.25, 0.3) is 0 Å². The second kappa shape index (κ2) is 5.73. The first-order valence-electron chi connectivity index (χ1n) is 5.08. The summed E-state index contributed by atoms with van der Waals surface area (Å²) in [4.78, 5) is 1.97. The molecule has 0 aromatic heterocycles. The molecule has 0 aliphatic heterocycles. The maximum atomic E-state index is 9.80. The fraction of sp³-hybridized carbons (Fsp3) is 0.500. The number of nitrogens with zero attached hydrogens (tertiary/aromatic N) is 1. The van der Waals surface area contributed by atoms with Crippen molar-refractivity contribution < 1.29 is 9.84 Å². The number of hydrogen-bond acceptors (Lipinski definition) is 3. The molecule has 0 bridgehead atoms. The zero-order valence-corrected chi connectivity index (χ0v) is 9.60. The van der Waals surface area contributed by atoms with E-state index in [9.17, 15) is 5.11 Å². The van der Waals surface area contributed by atoms with Crippen LogP contribution < -0.4 is 4.74 Å². The van der Waals surface area contributed by atoms with Gasteiger partial charge in [-0.1, -0.05) is 18.2 Å². The van der Waals surface area contributed by atoms with Crippen LogP contribution in [0.15, 0.2) is 24.3 Å². The Morgan fingerprint density at radius 2 is 2.00 bits per heavy atom. The van der Waals surface area contributed by atoms with Gasteiger partial charge < -0.3 is 14.7 Å². The van der Waals surface area contributed by atoms with Crippen LogP contribution in [0.1, 0.15) is 5.56 Å². The Labute approximate surface area is 91.3 Å². The van der Waals surface area contributed by atoms with Crippen LogP contribution in [-0.2, 0) is 6.42 Å². The smallest absolute Gasteiger partial charge is 0.122 e. The molecule has 0 aliphatic carbocycles. The second-order valence-corrected chi connectivity index (χ2v) is 3.93. The number of aliphatic hydroxyl groups is 1. The van der Waals surface area contributed by atoms with Crippen LogP contribution in [0.5, 0.6) is 5.75 Å². The van der Waals surface area contributed by atoms with E-state index in [1.54, 1.807) is 7.11 Å². The fourth-order valence-electron chi connectivity index (χ4n) is 1.61. The zero-order chi connectivity index (χ0) is 11.3. The summed E-state index contributed by atoms with van der Waals surface area (Å²) < 4.78 is 5.23. The van der Waals surface area contributed by atoms with Crippen molar-refractivity contribution in [3.8, 4) is 5.75 Å². The summed E-state index contributed by atoms with van der Waals surface area (Å²) in [7, 11) is 5.55. The topological polar surface area (TPSA) is 32.7 Å². The Morgan fingerprint density at radius 1 is 1.33 bits per heavy atom. The molecule has 0 aliphatic rings. The molecular formula is C12H19NO2. The van der Waals surface area contributed by atoms with E-state index in [0.29, 0.717) is 13.0 Å². The predicted octanol–water partition coefficient (Wildman–Crippen LogP) is 1.16. The number of benzene rings is 1. The number of ether oxygens (including phenoxy) is 1. The summed E-state index contributed by atoms with van der Waals surface area (Å²) in [5, 5.41) is 9.80. The molecule has 1 rings (SSSR count). The molecule has 0 radical (unpaired) electrons. The Morgan fingerprint density at radius 3 is 2.60 bits per heavy atom. The summed E-state index contributed by atoms with van der Waals surface area (Å²) >= 11 is 0. The second-order valence-electron chi connectivity index (χ2n) is 3.93. The minimum atomic E-state index is -0.351. The van der Waals surface area contributed by atoms with Gasteiger partial charge in [-0.15, -0.1) is 0 Å². The van der Waals surface area contributed by atoms with E-state index >= 15 is 0 Å². The molecule has 0 fully saturated rings. The standard InChI is InChI=1S/C12H19NO2/c1-13(2)9-11(14)8-10-6-4-5-7-12(10)15-3/h4-7,11,14H,8-9H2,1-3H3. The Bertz CT molecular complexity index is 299. The fourth-order valence-corrected chi connectivity index (χ4v) is 1.61. The summed E-state index contributed by atoms with van der Waals surface area (Å²) in [6, 6.07) is 7.79. The molecule has 0 amide bonds. The van der Waals surface area contributed by atoms with Gasteiger partial charge in [0, 0.05) is 13.0 Å². The van der Waals surface area contributed by atoms with Crippen LogP contribution in [-0.4, -0.2) is 43.9 Å². The Balaban J connectivity index is 2.63. The quantitative estimate of drug-likeness (QED) is 0.790. The van der Waals surface area contributed by atoms with Gasteiger partial charge in [-0.25, -0.2) is 0 Å². The lowest BCUT2D eigenvalue weighted by Gasteiger charge is -2.17. The summed E-state index contributed by atoms with van der Waals surface area (Å²) in [5.74, 6) is 0.843. The van der Waals surface area contributed by atoms with Gasteiger partial charge >= 0.3 is 0 Å². The van der Waals surface area contributed by atoms with Gasteiger partial charge in [0.15, 0.2) is 0 Å². The molecule has 1 aromatic rings. The van der Waals surface area contributed by atoms with Crippen LogP contribution >= 0.6 is 0 Å². The third-order valence-corrected chi connectivity index (χ3v) is 2.22. The van der Waals surface area contributed by atoms with Crippen LogP contribution in [0, 0.1) is 0 Å². The normalized spacial score (nSPS) is 12.9. The monoisotopic (exact) mass is 209 g/mol. The van der Waals surface area contributed by atoms with Gasteiger partial charge in [-0.05, 0) is 25.7 Å². The number of rotatable bonds is 5. The molecule has 0 spiro atoms. The number of hydrogen-bond donors (Lipinski definition) is 1. The van der Waals surface area contributed by atoms with Crippen molar-refractivity contribution in [2.75, 3.05) is 27.7 Å². The summed E-state index contributed by atoms with van der Waals surface area (Å²) in [5.41, 5.74) is 1.05. The number of likely N-dealkylation sites (N-methyl/N-ethyl adjacent to an activating group) is 1. The minimum absolute atomic E-state index is 0.351. The third-order valence-electron chi connectivity index (χ3n) is 2.22. The SMILES string of the molecule is COc1ccccc1CC(O)CN(C)C. The lowest BCUT2D eigenvalue weighted by Crippen LogP contribution is -2.27. The van der Waals surface area contributed by atoms with Gasteiger partial charge in [0.2, 0.25) is 0 Å². The lowest BCUT2D eigenvalue weighted by atomic mass is 10.1. The highest BCUT2D eigenvalue weighted by atomic mass is 16.5. The molecule has 1 N–H and O–H groups in total. The minimum Gasteiger partial charge on any atom is -0.496 e. The van der Waals surface area contributed by atoms with Gasteiger partial charge in [0.05, 0.1) is 13.2 Å². The van der Waals surface area contributed by atoms with Crippen molar-refractivity contribution in [3.05, 3.63) is 29.8 Å². The van der Waals surface area contributed by atoms with E-state index < -0.39 is 0 Å². The molecule has 1 atom stereocenters. The largest absolute Gasteiger partial charge is 0.496 e. The average Bonchev–Trinajstić information content (AvgIpc) is 2.17. The van der Waals surface area contributed by atoms with Crippen molar-refractivity contribution in [2.45, 2.75) is 12.5 Å². The molecule has 1 aromatic carbocycles. The number of methoxy groups -OCH3 is 1. The van der Waals surface area contributed by atoms with Crippen LogP contribution in [0.3, 0.4) is 0 Å². The van der Waals surface area contributed by atoms with Crippen LogP contribution in [0.4, 0.5) is 0 Å². The number of aliphatic hydroxyl groups excluding tert-OH is 1. The van der Waals surface area contributed by atoms with E-state index in [4.69, 9.17) is 4.74 Å². The first-order chi connectivity index (χ1) is 7.13. The van der Waals surface area contributed by atoms with Crippen molar-refractivity contribution in [1.29, 1.82) is 0 Å². The molecule has 1 unspecified atom stereocenters. The van der Waals surface area contributed by atoms with E-state index in [-0.39, 0.29) is 6.10 Å². The molecular weight excluding hydrogens is 190 g/mol. The van der Waals surface area contributed by atoms with E-state index in [1.165, 1.54) is 0 Å². The molecule has 3 nitrogen and oxygen atoms in total. The first kappa shape index (κ1) is 12.0. The van der Waals surface area contributed by atoms with E-state index in [1.807, 2.05) is 43.3 Å². The first-order valence-corrected chi connectivity index (χ1v) is 5.08. The molecule has 0 heterocycles. The highest BCUT2D eigenvalue weighted by molar-refractivity contribution is 5.33. The van der Waals surface area contributed by atoms with Crippen molar-refractivity contribution >= 4 is 0 Å². The maximum absolute atomic E-state index is 9.80. The van der Waals surface area contributed by atoms with Crippen molar-refractivity contribution in [1.82, 2.24) is 4.90 Å². The Hall–Kier alpha value is -1.06. The summed E-state index contributed by atoms with van der Waals surface area (Å²) in [6.45, 7) is 0.665.